The highest BCUT2D eigenvalue weighted by Gasteiger charge is 2.42. The molecule has 200 valence electrons. The summed E-state index contributed by atoms with van der Waals surface area (Å²) in [4.78, 5) is 8.95. The standard InChI is InChI=1S/C32H31F2N3O2/c33-30-22-5-1-2-6-23(22)32(25-11-10-20-17-26(20)29(25)31(30)34)37-15-13-36(14-16-37)18-21(38)19-39-28-9-3-8-27-24(28)7-4-12-35-27/h1-12,21,30-32,38H,13-19H2. The number of pyridine rings is 1. The Hall–Kier alpha value is -3.39. The minimum absolute atomic E-state index is 0.184. The highest BCUT2D eigenvalue weighted by Crippen LogP contribution is 2.52. The first-order chi connectivity index (χ1) is 19.1. The maximum absolute atomic E-state index is 15.6. The van der Waals surface area contributed by atoms with E-state index in [1.54, 1.807) is 18.3 Å². The summed E-state index contributed by atoms with van der Waals surface area (Å²) in [7, 11) is 0. The molecule has 2 aliphatic carbocycles. The van der Waals surface area contributed by atoms with Crippen LogP contribution in [0.2, 0.25) is 0 Å². The Bertz CT molecular complexity index is 1520. The smallest absolute Gasteiger partial charge is 0.161 e. The monoisotopic (exact) mass is 527 g/mol. The van der Waals surface area contributed by atoms with Gasteiger partial charge in [0.05, 0.1) is 11.6 Å². The van der Waals surface area contributed by atoms with Gasteiger partial charge in [-0.15, -0.1) is 0 Å². The first kappa shape index (κ1) is 24.6. The molecule has 7 heteroatoms. The zero-order valence-electron chi connectivity index (χ0n) is 21.6. The van der Waals surface area contributed by atoms with Crippen LogP contribution in [0, 0.1) is 0 Å². The van der Waals surface area contributed by atoms with Crippen molar-refractivity contribution in [2.45, 2.75) is 30.9 Å². The van der Waals surface area contributed by atoms with Gasteiger partial charge in [-0.2, -0.15) is 0 Å². The average Bonchev–Trinajstić information content (AvgIpc) is 3.77. The zero-order valence-corrected chi connectivity index (χ0v) is 21.6. The van der Waals surface area contributed by atoms with E-state index < -0.39 is 18.4 Å². The molecule has 0 bridgehead atoms. The Kier molecular flexibility index (Phi) is 6.30. The normalized spacial score (nSPS) is 23.4. The fraction of sp³-hybridized carbons (Fsp3) is 0.344. The molecule has 0 spiro atoms. The van der Waals surface area contributed by atoms with Gasteiger partial charge in [0.15, 0.2) is 12.3 Å². The number of β-amino-alcohol motifs (C(OH)–C–C–N with tert-alkyl or cyclic N) is 1. The molecule has 7 rings (SSSR count). The van der Waals surface area contributed by atoms with Gasteiger partial charge in [0.1, 0.15) is 18.5 Å². The number of aliphatic hydroxyl groups is 1. The van der Waals surface area contributed by atoms with E-state index in [-0.39, 0.29) is 12.6 Å². The summed E-state index contributed by atoms with van der Waals surface area (Å²) in [6, 6.07) is 20.9. The van der Waals surface area contributed by atoms with Crippen molar-refractivity contribution in [2.24, 2.45) is 0 Å². The minimum atomic E-state index is -1.66. The second-order valence-electron chi connectivity index (χ2n) is 10.8. The summed E-state index contributed by atoms with van der Waals surface area (Å²) in [6.07, 6.45) is -1.43. The van der Waals surface area contributed by atoms with Crippen molar-refractivity contribution < 1.29 is 18.6 Å². The molecule has 1 aliphatic heterocycles. The maximum atomic E-state index is 15.6. The van der Waals surface area contributed by atoms with E-state index in [0.29, 0.717) is 23.4 Å². The minimum Gasteiger partial charge on any atom is -0.490 e. The molecule has 1 fully saturated rings. The first-order valence-electron chi connectivity index (χ1n) is 13.7. The van der Waals surface area contributed by atoms with E-state index in [1.807, 2.05) is 48.5 Å². The van der Waals surface area contributed by atoms with Gasteiger partial charge >= 0.3 is 0 Å². The van der Waals surface area contributed by atoms with Gasteiger partial charge in [0, 0.05) is 44.3 Å². The maximum Gasteiger partial charge on any atom is 0.161 e. The summed E-state index contributed by atoms with van der Waals surface area (Å²) in [6.45, 7) is 3.69. The van der Waals surface area contributed by atoms with Crippen LogP contribution in [0.25, 0.3) is 10.9 Å². The van der Waals surface area contributed by atoms with Crippen molar-refractivity contribution >= 4 is 10.9 Å². The van der Waals surface area contributed by atoms with Crippen LogP contribution in [0.5, 0.6) is 5.75 Å². The molecule has 4 aromatic rings. The predicted molar refractivity (Wildman–Crippen MR) is 146 cm³/mol. The number of fused-ring (bicyclic) bond motifs is 5. The summed E-state index contributed by atoms with van der Waals surface area (Å²) < 4.78 is 37.0. The zero-order chi connectivity index (χ0) is 26.5. The van der Waals surface area contributed by atoms with Gasteiger partial charge in [0.2, 0.25) is 0 Å². The molecule has 39 heavy (non-hydrogen) atoms. The van der Waals surface area contributed by atoms with E-state index in [2.05, 4.69) is 20.9 Å². The lowest BCUT2D eigenvalue weighted by Gasteiger charge is -2.40. The van der Waals surface area contributed by atoms with Crippen molar-refractivity contribution in [3.8, 4) is 5.75 Å². The van der Waals surface area contributed by atoms with Gasteiger partial charge in [-0.3, -0.25) is 14.8 Å². The van der Waals surface area contributed by atoms with Crippen LogP contribution < -0.4 is 4.74 Å². The van der Waals surface area contributed by atoms with Crippen LogP contribution >= 0.6 is 0 Å². The largest absolute Gasteiger partial charge is 0.490 e. The fourth-order valence-corrected chi connectivity index (χ4v) is 6.41. The molecule has 5 nitrogen and oxygen atoms in total. The van der Waals surface area contributed by atoms with Gasteiger partial charge in [-0.05, 0) is 64.1 Å². The van der Waals surface area contributed by atoms with E-state index in [0.717, 1.165) is 65.8 Å². The average molecular weight is 528 g/mol. The van der Waals surface area contributed by atoms with Crippen LogP contribution in [0.4, 0.5) is 8.78 Å². The number of nitrogens with zero attached hydrogens (tertiary/aromatic N) is 3. The topological polar surface area (TPSA) is 48.8 Å². The third kappa shape index (κ3) is 4.48. The molecule has 0 amide bonds. The summed E-state index contributed by atoms with van der Waals surface area (Å²) >= 11 is 0. The SMILES string of the molecule is OC(COc1cccc2ncccc12)CN1CCN(C2c3ccccc3C(F)C(F)c3c2ccc2c3C2)CC1. The number of alkyl halides is 2. The van der Waals surface area contributed by atoms with Crippen molar-refractivity contribution in [3.63, 3.8) is 0 Å². The quantitative estimate of drug-likeness (QED) is 0.324. The number of halogens is 2. The van der Waals surface area contributed by atoms with Crippen LogP contribution in [-0.2, 0) is 6.42 Å². The number of ether oxygens (including phenoxy) is 1. The van der Waals surface area contributed by atoms with E-state index in [4.69, 9.17) is 4.74 Å². The lowest BCUT2D eigenvalue weighted by atomic mass is 9.92. The number of hydrogen-bond acceptors (Lipinski definition) is 5. The van der Waals surface area contributed by atoms with Crippen LogP contribution in [0.15, 0.2) is 72.9 Å². The molecule has 4 atom stereocenters. The number of hydrogen-bond donors (Lipinski definition) is 1. The Morgan fingerprint density at radius 1 is 0.872 bits per heavy atom. The third-order valence-corrected chi connectivity index (χ3v) is 8.42. The lowest BCUT2D eigenvalue weighted by Crippen LogP contribution is -2.50. The van der Waals surface area contributed by atoms with E-state index in [1.165, 1.54) is 0 Å². The third-order valence-electron chi connectivity index (χ3n) is 8.42. The number of piperazine rings is 1. The predicted octanol–water partition coefficient (Wildman–Crippen LogP) is 5.32. The number of benzene rings is 3. The number of rotatable bonds is 6. The second kappa shape index (κ2) is 9.97. The Morgan fingerprint density at radius 3 is 2.54 bits per heavy atom. The molecule has 2 heterocycles. The molecule has 4 unspecified atom stereocenters. The Balaban J connectivity index is 1.05. The second-order valence-corrected chi connectivity index (χ2v) is 10.8. The van der Waals surface area contributed by atoms with E-state index in [9.17, 15) is 5.11 Å². The molecule has 1 aromatic heterocycles. The fourth-order valence-electron chi connectivity index (χ4n) is 6.41. The van der Waals surface area contributed by atoms with Gasteiger partial charge < -0.3 is 9.84 Å². The Labute approximate surface area is 226 Å². The van der Waals surface area contributed by atoms with E-state index >= 15 is 8.78 Å². The number of aliphatic hydroxyl groups excluding tert-OH is 1. The number of aromatic nitrogens is 1. The highest BCUT2D eigenvalue weighted by molar-refractivity contribution is 5.84. The molecule has 3 aliphatic rings. The van der Waals surface area contributed by atoms with Crippen LogP contribution in [-0.4, -0.2) is 65.3 Å². The van der Waals surface area contributed by atoms with Crippen molar-refractivity contribution in [2.75, 3.05) is 39.3 Å². The highest BCUT2D eigenvalue weighted by atomic mass is 19.2. The van der Waals surface area contributed by atoms with Gasteiger partial charge in [-0.25, -0.2) is 8.78 Å². The van der Waals surface area contributed by atoms with Crippen molar-refractivity contribution in [1.29, 1.82) is 0 Å². The van der Waals surface area contributed by atoms with Crippen molar-refractivity contribution in [1.82, 2.24) is 14.8 Å². The molecule has 1 N–H and O–H groups in total. The molecule has 0 radical (unpaired) electrons. The first-order valence-corrected chi connectivity index (χ1v) is 13.7. The van der Waals surface area contributed by atoms with Crippen molar-refractivity contribution in [3.05, 3.63) is 106 Å². The summed E-state index contributed by atoms with van der Waals surface area (Å²) in [5.41, 5.74) is 5.77. The van der Waals surface area contributed by atoms with Crippen LogP contribution in [0.3, 0.4) is 0 Å². The molecule has 1 saturated heterocycles. The summed E-state index contributed by atoms with van der Waals surface area (Å²) in [5, 5.41) is 11.7. The molecular formula is C32H31F2N3O2. The van der Waals surface area contributed by atoms with Gasteiger partial charge in [-0.1, -0.05) is 42.5 Å². The summed E-state index contributed by atoms with van der Waals surface area (Å²) in [5.74, 6) is 0.715. The Morgan fingerprint density at radius 2 is 1.69 bits per heavy atom. The van der Waals surface area contributed by atoms with Crippen LogP contribution in [0.1, 0.15) is 51.8 Å². The molecule has 3 aromatic carbocycles. The molecule has 0 saturated carbocycles. The lowest BCUT2D eigenvalue weighted by molar-refractivity contribution is 0.0403. The van der Waals surface area contributed by atoms with Gasteiger partial charge in [0.25, 0.3) is 0 Å². The molecular weight excluding hydrogens is 496 g/mol.